The molecule has 0 aromatic heterocycles. The first-order valence-electron chi connectivity index (χ1n) is 8.82. The Bertz CT molecular complexity index is 908. The van der Waals surface area contributed by atoms with E-state index in [1.807, 2.05) is 53.4 Å². The number of aliphatic imine (C=N–C) groups is 1. The number of rotatable bonds is 4. The van der Waals surface area contributed by atoms with E-state index >= 15 is 0 Å². The Kier molecular flexibility index (Phi) is 5.11. The van der Waals surface area contributed by atoms with Crippen molar-refractivity contribution < 1.29 is 9.53 Å². The minimum Gasteiger partial charge on any atom is -0.494 e. The molecule has 1 N–H and O–H groups in total. The third kappa shape index (κ3) is 3.83. The summed E-state index contributed by atoms with van der Waals surface area (Å²) >= 11 is 1.60. The van der Waals surface area contributed by atoms with Crippen LogP contribution in [0.15, 0.2) is 58.6 Å². The maximum absolute atomic E-state index is 11.9. The monoisotopic (exact) mass is 380 g/mol. The number of anilines is 1. The molecule has 138 valence electrons. The molecule has 2 aliphatic heterocycles. The fraction of sp³-hybridized carbons (Fsp3) is 0.250. The normalized spacial score (nSPS) is 18.4. The summed E-state index contributed by atoms with van der Waals surface area (Å²) in [5, 5.41) is 5.21. The number of hydrogen-bond acceptors (Lipinski definition) is 5. The topological polar surface area (TPSA) is 66.3 Å². The van der Waals surface area contributed by atoms with Crippen LogP contribution in [0.2, 0.25) is 0 Å². The highest BCUT2D eigenvalue weighted by Crippen LogP contribution is 2.28. The van der Waals surface area contributed by atoms with Gasteiger partial charge in [0, 0.05) is 24.4 Å². The van der Waals surface area contributed by atoms with E-state index in [1.54, 1.807) is 18.9 Å². The van der Waals surface area contributed by atoms with Gasteiger partial charge in [0.2, 0.25) is 5.91 Å². The Labute approximate surface area is 162 Å². The van der Waals surface area contributed by atoms with Gasteiger partial charge in [-0.1, -0.05) is 36.0 Å². The number of ether oxygens (including phenoxy) is 1. The van der Waals surface area contributed by atoms with Crippen molar-refractivity contribution in [3.8, 4) is 5.75 Å². The molecular weight excluding hydrogens is 360 g/mol. The van der Waals surface area contributed by atoms with E-state index in [0.29, 0.717) is 6.42 Å². The van der Waals surface area contributed by atoms with Gasteiger partial charge in [-0.25, -0.2) is 4.99 Å². The van der Waals surface area contributed by atoms with Crippen LogP contribution in [0.25, 0.3) is 0 Å². The summed E-state index contributed by atoms with van der Waals surface area (Å²) in [6, 6.07) is 15.7. The molecule has 0 saturated carbocycles. The Morgan fingerprint density at radius 1 is 1.19 bits per heavy atom. The van der Waals surface area contributed by atoms with E-state index in [2.05, 4.69) is 15.5 Å². The molecular formula is C20H20N4O2S. The third-order valence-corrected chi connectivity index (χ3v) is 5.40. The Hall–Kier alpha value is -2.80. The molecule has 2 aromatic carbocycles. The minimum absolute atomic E-state index is 0.201. The molecule has 0 atom stereocenters. The molecule has 0 aliphatic carbocycles. The maximum Gasteiger partial charge on any atom is 0.227 e. The summed E-state index contributed by atoms with van der Waals surface area (Å²) in [6.07, 6.45) is 1.57. The van der Waals surface area contributed by atoms with E-state index in [1.165, 1.54) is 0 Å². The fourth-order valence-electron chi connectivity index (χ4n) is 3.11. The van der Waals surface area contributed by atoms with Crippen molar-refractivity contribution in [3.05, 3.63) is 54.1 Å². The summed E-state index contributed by atoms with van der Waals surface area (Å²) in [5.41, 5.74) is 6.75. The second kappa shape index (κ2) is 7.84. The smallest absolute Gasteiger partial charge is 0.227 e. The van der Waals surface area contributed by atoms with Crippen molar-refractivity contribution in [3.63, 3.8) is 0 Å². The largest absolute Gasteiger partial charge is 0.494 e. The van der Waals surface area contributed by atoms with Crippen LogP contribution in [-0.4, -0.2) is 36.2 Å². The van der Waals surface area contributed by atoms with Crippen LogP contribution in [0.5, 0.6) is 5.75 Å². The highest BCUT2D eigenvalue weighted by atomic mass is 32.2. The van der Waals surface area contributed by atoms with E-state index in [-0.39, 0.29) is 5.91 Å². The molecule has 0 bridgehead atoms. The number of thioether (sulfide) groups is 1. The predicted octanol–water partition coefficient (Wildman–Crippen LogP) is 3.55. The molecule has 2 aromatic rings. The first-order chi connectivity index (χ1) is 13.2. The molecule has 7 heteroatoms. The average Bonchev–Trinajstić information content (AvgIpc) is 3.15. The molecule has 1 amide bonds. The van der Waals surface area contributed by atoms with Gasteiger partial charge in [0.05, 0.1) is 12.8 Å². The van der Waals surface area contributed by atoms with Crippen LogP contribution in [0.4, 0.5) is 11.4 Å². The lowest BCUT2D eigenvalue weighted by atomic mass is 10.1. The van der Waals surface area contributed by atoms with Gasteiger partial charge in [0.1, 0.15) is 11.4 Å². The standard InChI is InChI=1S/C20H20N4O2S/c1-26-18-6-3-2-5-16(18)21-20-23-22-17(13-27-20)14-8-10-15(11-9-14)24-12-4-7-19(24)25/h2-3,5-6,8-11H,4,7,12-13H2,1H3,(H,21,23). The fourth-order valence-corrected chi connectivity index (χ4v) is 3.89. The lowest BCUT2D eigenvalue weighted by molar-refractivity contribution is -0.117. The Balaban J connectivity index is 1.47. The van der Waals surface area contributed by atoms with Crippen molar-refractivity contribution >= 4 is 39.9 Å². The van der Waals surface area contributed by atoms with Crippen LogP contribution in [-0.2, 0) is 4.79 Å². The summed E-state index contributed by atoms with van der Waals surface area (Å²) in [7, 11) is 1.64. The molecule has 1 fully saturated rings. The molecule has 0 spiro atoms. The number of para-hydroxylation sites is 2. The average molecular weight is 380 g/mol. The van der Waals surface area contributed by atoms with Gasteiger partial charge in [0.25, 0.3) is 0 Å². The zero-order chi connectivity index (χ0) is 18.6. The number of carbonyl (C=O) groups excluding carboxylic acids is 1. The summed E-state index contributed by atoms with van der Waals surface area (Å²) in [5.74, 6) is 1.66. The number of benzene rings is 2. The first-order valence-corrected chi connectivity index (χ1v) is 9.81. The molecule has 0 radical (unpaired) electrons. The number of carbonyl (C=O) groups is 1. The van der Waals surface area contributed by atoms with Gasteiger partial charge >= 0.3 is 0 Å². The first kappa shape index (κ1) is 17.6. The van der Waals surface area contributed by atoms with Crippen LogP contribution >= 0.6 is 11.8 Å². The van der Waals surface area contributed by atoms with Gasteiger partial charge in [-0.05, 0) is 36.2 Å². The Morgan fingerprint density at radius 3 is 2.67 bits per heavy atom. The molecule has 4 rings (SSSR count). The van der Waals surface area contributed by atoms with Gasteiger partial charge < -0.3 is 9.64 Å². The van der Waals surface area contributed by atoms with Crippen LogP contribution in [0, 0.1) is 0 Å². The molecule has 27 heavy (non-hydrogen) atoms. The number of methoxy groups -OCH3 is 1. The number of nitrogens with zero attached hydrogens (tertiary/aromatic N) is 3. The van der Waals surface area contributed by atoms with Crippen molar-refractivity contribution in [2.75, 3.05) is 24.3 Å². The number of nitrogens with one attached hydrogen (secondary N) is 1. The van der Waals surface area contributed by atoms with Crippen molar-refractivity contribution in [1.82, 2.24) is 5.43 Å². The molecule has 0 unspecified atom stereocenters. The molecule has 6 nitrogen and oxygen atoms in total. The van der Waals surface area contributed by atoms with Crippen LogP contribution < -0.4 is 15.1 Å². The summed E-state index contributed by atoms with van der Waals surface area (Å²) < 4.78 is 5.33. The second-order valence-corrected chi connectivity index (χ2v) is 7.21. The number of hydrazone groups is 1. The molecule has 2 aliphatic rings. The molecule has 2 heterocycles. The quantitative estimate of drug-likeness (QED) is 0.881. The van der Waals surface area contributed by atoms with E-state index in [0.717, 1.165) is 52.3 Å². The predicted molar refractivity (Wildman–Crippen MR) is 110 cm³/mol. The zero-order valence-corrected chi connectivity index (χ0v) is 15.8. The summed E-state index contributed by atoms with van der Waals surface area (Å²) in [6.45, 7) is 0.805. The van der Waals surface area contributed by atoms with Crippen LogP contribution in [0.1, 0.15) is 18.4 Å². The van der Waals surface area contributed by atoms with Crippen molar-refractivity contribution in [2.45, 2.75) is 12.8 Å². The van der Waals surface area contributed by atoms with E-state index < -0.39 is 0 Å². The SMILES string of the molecule is COc1ccccc1N=C1NN=C(c2ccc(N3CCCC3=O)cc2)CS1. The molecule has 1 saturated heterocycles. The number of amidine groups is 1. The van der Waals surface area contributed by atoms with Crippen molar-refractivity contribution in [1.29, 1.82) is 0 Å². The van der Waals surface area contributed by atoms with Crippen LogP contribution in [0.3, 0.4) is 0 Å². The number of hydrogen-bond donors (Lipinski definition) is 1. The third-order valence-electron chi connectivity index (χ3n) is 4.52. The lowest BCUT2D eigenvalue weighted by Crippen LogP contribution is -2.25. The lowest BCUT2D eigenvalue weighted by Gasteiger charge is -2.18. The summed E-state index contributed by atoms with van der Waals surface area (Å²) in [4.78, 5) is 18.3. The highest BCUT2D eigenvalue weighted by Gasteiger charge is 2.22. The highest BCUT2D eigenvalue weighted by molar-refractivity contribution is 8.14. The van der Waals surface area contributed by atoms with Gasteiger partial charge in [-0.3, -0.25) is 10.2 Å². The number of amides is 1. The van der Waals surface area contributed by atoms with Gasteiger partial charge in [0.15, 0.2) is 5.17 Å². The maximum atomic E-state index is 11.9. The van der Waals surface area contributed by atoms with Crippen molar-refractivity contribution in [2.24, 2.45) is 10.1 Å². The van der Waals surface area contributed by atoms with E-state index in [4.69, 9.17) is 4.74 Å². The zero-order valence-electron chi connectivity index (χ0n) is 15.0. The van der Waals surface area contributed by atoms with Gasteiger partial charge in [-0.2, -0.15) is 5.10 Å². The minimum atomic E-state index is 0.201. The second-order valence-electron chi connectivity index (χ2n) is 6.24. The van der Waals surface area contributed by atoms with Gasteiger partial charge in [-0.15, -0.1) is 0 Å². The van der Waals surface area contributed by atoms with E-state index in [9.17, 15) is 4.79 Å². The Morgan fingerprint density at radius 2 is 2.00 bits per heavy atom.